The smallest absolute Gasteiger partial charge is 0.266 e. The van der Waals surface area contributed by atoms with E-state index in [1.165, 1.54) is 11.3 Å². The molecule has 4 rings (SSSR count). The third-order valence-corrected chi connectivity index (χ3v) is 4.74. The molecular formula is C12H11N5O2S. The van der Waals surface area contributed by atoms with Gasteiger partial charge in [0.2, 0.25) is 0 Å². The molecule has 20 heavy (non-hydrogen) atoms. The summed E-state index contributed by atoms with van der Waals surface area (Å²) < 4.78 is 1.88. The van der Waals surface area contributed by atoms with Crippen molar-refractivity contribution in [3.05, 3.63) is 34.0 Å². The van der Waals surface area contributed by atoms with Crippen LogP contribution in [0.1, 0.15) is 33.5 Å². The van der Waals surface area contributed by atoms with Crippen LogP contribution >= 0.6 is 11.3 Å². The zero-order chi connectivity index (χ0) is 13.9. The second-order valence-corrected chi connectivity index (χ2v) is 5.69. The zero-order valence-corrected chi connectivity index (χ0v) is 11.2. The number of amides is 1. The first-order valence-corrected chi connectivity index (χ1v) is 7.04. The van der Waals surface area contributed by atoms with E-state index in [1.54, 1.807) is 6.33 Å². The number of carbonyl (C=O) groups excluding carboxylic acids is 1. The standard InChI is InChI=1S/C12H11N5O2S/c13-11(15-19)8-9-6-1-3-16(6)12(18)10-7(2-4-20-10)17(9)5-14-8/h2,4-6,19H,1,3H2,(H2,13,15)/t6-/m0/s1. The second-order valence-electron chi connectivity index (χ2n) is 4.77. The van der Waals surface area contributed by atoms with Gasteiger partial charge in [-0.15, -0.1) is 11.3 Å². The number of nitrogens with zero attached hydrogens (tertiary/aromatic N) is 4. The Bertz CT molecular complexity index is 747. The Balaban J connectivity index is 2.01. The number of hydrogen-bond acceptors (Lipinski definition) is 5. The maximum Gasteiger partial charge on any atom is 0.266 e. The Morgan fingerprint density at radius 3 is 3.15 bits per heavy atom. The molecule has 2 aromatic rings. The molecule has 0 aliphatic carbocycles. The first-order chi connectivity index (χ1) is 9.72. The van der Waals surface area contributed by atoms with E-state index in [0.717, 1.165) is 24.3 Å². The van der Waals surface area contributed by atoms with E-state index in [2.05, 4.69) is 10.1 Å². The average molecular weight is 289 g/mol. The fourth-order valence-corrected chi connectivity index (χ4v) is 3.65. The summed E-state index contributed by atoms with van der Waals surface area (Å²) in [5, 5.41) is 13.8. The minimum absolute atomic E-state index is 0.0308. The average Bonchev–Trinajstić information content (AvgIpc) is 3.01. The van der Waals surface area contributed by atoms with Gasteiger partial charge in [0.15, 0.2) is 5.84 Å². The monoisotopic (exact) mass is 289 g/mol. The highest BCUT2D eigenvalue weighted by Gasteiger charge is 2.42. The van der Waals surface area contributed by atoms with Gasteiger partial charge in [-0.05, 0) is 17.9 Å². The largest absolute Gasteiger partial charge is 0.409 e. The van der Waals surface area contributed by atoms with E-state index in [9.17, 15) is 4.79 Å². The predicted molar refractivity (Wildman–Crippen MR) is 72.3 cm³/mol. The number of amidine groups is 1. The van der Waals surface area contributed by atoms with Crippen LogP contribution in [0.2, 0.25) is 0 Å². The molecule has 2 aromatic heterocycles. The van der Waals surface area contributed by atoms with Crippen molar-refractivity contribution in [2.24, 2.45) is 10.9 Å². The summed E-state index contributed by atoms with van der Waals surface area (Å²) in [4.78, 5) is 19.2. The molecule has 2 aliphatic heterocycles. The Labute approximate surface area is 117 Å². The molecule has 102 valence electrons. The lowest BCUT2D eigenvalue weighted by Gasteiger charge is -2.39. The third-order valence-electron chi connectivity index (χ3n) is 3.85. The topological polar surface area (TPSA) is 96.7 Å². The van der Waals surface area contributed by atoms with E-state index in [-0.39, 0.29) is 17.8 Å². The summed E-state index contributed by atoms with van der Waals surface area (Å²) in [7, 11) is 0. The van der Waals surface area contributed by atoms with E-state index >= 15 is 0 Å². The van der Waals surface area contributed by atoms with Crippen molar-refractivity contribution in [2.45, 2.75) is 12.5 Å². The van der Waals surface area contributed by atoms with Gasteiger partial charge in [0.1, 0.15) is 16.9 Å². The van der Waals surface area contributed by atoms with Crippen LogP contribution in [-0.2, 0) is 0 Å². The molecule has 0 spiro atoms. The van der Waals surface area contributed by atoms with Crippen molar-refractivity contribution in [3.8, 4) is 5.69 Å². The molecule has 1 fully saturated rings. The van der Waals surface area contributed by atoms with E-state index in [4.69, 9.17) is 10.9 Å². The van der Waals surface area contributed by atoms with Crippen LogP contribution in [-0.4, -0.2) is 37.9 Å². The maximum atomic E-state index is 12.5. The van der Waals surface area contributed by atoms with Gasteiger partial charge in [-0.2, -0.15) is 0 Å². The quantitative estimate of drug-likeness (QED) is 0.353. The number of carbonyl (C=O) groups is 1. The molecule has 8 heteroatoms. The van der Waals surface area contributed by atoms with Crippen molar-refractivity contribution < 1.29 is 10.0 Å². The Morgan fingerprint density at radius 1 is 1.60 bits per heavy atom. The highest BCUT2D eigenvalue weighted by Crippen LogP contribution is 2.42. The van der Waals surface area contributed by atoms with Crippen LogP contribution in [0.15, 0.2) is 22.9 Å². The van der Waals surface area contributed by atoms with Crippen molar-refractivity contribution in [3.63, 3.8) is 0 Å². The van der Waals surface area contributed by atoms with Gasteiger partial charge in [-0.25, -0.2) is 4.98 Å². The van der Waals surface area contributed by atoms with Gasteiger partial charge in [0, 0.05) is 6.54 Å². The first kappa shape index (κ1) is 11.5. The third kappa shape index (κ3) is 1.26. The number of aromatic nitrogens is 2. The number of rotatable bonds is 1. The number of nitrogens with two attached hydrogens (primary N) is 1. The molecule has 2 aliphatic rings. The van der Waals surface area contributed by atoms with Crippen molar-refractivity contribution >= 4 is 23.1 Å². The van der Waals surface area contributed by atoms with Crippen LogP contribution in [0.4, 0.5) is 0 Å². The SMILES string of the molecule is N/C(=N\O)c1ncn2c1[C@@H]1CCN1C(=O)c1sccc1-2. The number of fused-ring (bicyclic) bond motifs is 5. The van der Waals surface area contributed by atoms with E-state index in [0.29, 0.717) is 10.6 Å². The maximum absolute atomic E-state index is 12.5. The first-order valence-electron chi connectivity index (χ1n) is 6.16. The van der Waals surface area contributed by atoms with Crippen LogP contribution in [0, 0.1) is 0 Å². The highest BCUT2D eigenvalue weighted by atomic mass is 32.1. The molecule has 3 N–H and O–H groups in total. The number of imidazole rings is 1. The lowest BCUT2D eigenvalue weighted by atomic mass is 9.98. The van der Waals surface area contributed by atoms with E-state index in [1.807, 2.05) is 20.9 Å². The summed E-state index contributed by atoms with van der Waals surface area (Å²) in [6.45, 7) is 0.724. The minimum atomic E-state index is -0.0556. The van der Waals surface area contributed by atoms with Crippen molar-refractivity contribution in [1.82, 2.24) is 14.5 Å². The zero-order valence-electron chi connectivity index (χ0n) is 10.4. The molecule has 0 unspecified atom stereocenters. The summed E-state index contributed by atoms with van der Waals surface area (Å²) in [5.41, 5.74) is 7.77. The van der Waals surface area contributed by atoms with Crippen molar-refractivity contribution in [2.75, 3.05) is 6.54 Å². The second kappa shape index (κ2) is 3.83. The Morgan fingerprint density at radius 2 is 2.45 bits per heavy atom. The molecule has 1 atom stereocenters. The highest BCUT2D eigenvalue weighted by molar-refractivity contribution is 7.12. The molecule has 0 saturated carbocycles. The normalized spacial score (nSPS) is 20.8. The van der Waals surface area contributed by atoms with E-state index < -0.39 is 0 Å². The van der Waals surface area contributed by atoms with Gasteiger partial charge in [0.05, 0.1) is 17.4 Å². The van der Waals surface area contributed by atoms with Crippen LogP contribution in [0.25, 0.3) is 5.69 Å². The van der Waals surface area contributed by atoms with Crippen LogP contribution < -0.4 is 5.73 Å². The Hall–Kier alpha value is -2.35. The van der Waals surface area contributed by atoms with Gasteiger partial charge in [-0.1, -0.05) is 5.16 Å². The fraction of sp³-hybridized carbons (Fsp3) is 0.250. The summed E-state index contributed by atoms with van der Waals surface area (Å²) in [5.74, 6) is 0.0112. The summed E-state index contributed by atoms with van der Waals surface area (Å²) in [6.07, 6.45) is 2.49. The van der Waals surface area contributed by atoms with Gasteiger partial charge in [0.25, 0.3) is 5.91 Å². The van der Waals surface area contributed by atoms with Crippen LogP contribution in [0.3, 0.4) is 0 Å². The lowest BCUT2D eigenvalue weighted by molar-refractivity contribution is 0.0464. The summed E-state index contributed by atoms with van der Waals surface area (Å²) in [6, 6.07) is 1.84. The molecular weight excluding hydrogens is 278 g/mol. The molecule has 7 nitrogen and oxygen atoms in total. The predicted octanol–water partition coefficient (Wildman–Crippen LogP) is 0.929. The van der Waals surface area contributed by atoms with Gasteiger partial charge < -0.3 is 15.8 Å². The summed E-state index contributed by atoms with van der Waals surface area (Å²) >= 11 is 1.42. The lowest BCUT2D eigenvalue weighted by Crippen LogP contribution is -2.45. The number of hydrogen-bond donors (Lipinski definition) is 2. The van der Waals surface area contributed by atoms with Crippen LogP contribution in [0.5, 0.6) is 0 Å². The molecule has 0 aromatic carbocycles. The molecule has 0 bridgehead atoms. The molecule has 1 saturated heterocycles. The molecule has 1 amide bonds. The van der Waals surface area contributed by atoms with Gasteiger partial charge >= 0.3 is 0 Å². The molecule has 0 radical (unpaired) electrons. The molecule has 4 heterocycles. The Kier molecular flexibility index (Phi) is 2.19. The van der Waals surface area contributed by atoms with Gasteiger partial charge in [-0.3, -0.25) is 9.36 Å². The minimum Gasteiger partial charge on any atom is -0.409 e. The fourth-order valence-electron chi connectivity index (χ4n) is 2.81. The number of oxime groups is 1. The number of thiophene rings is 1. The van der Waals surface area contributed by atoms with Crippen molar-refractivity contribution in [1.29, 1.82) is 0 Å².